The first-order valence-electron chi connectivity index (χ1n) is 11.3. The third-order valence-corrected chi connectivity index (χ3v) is 6.53. The fourth-order valence-electron chi connectivity index (χ4n) is 4.99. The van der Waals surface area contributed by atoms with E-state index in [1.807, 2.05) is 49.4 Å². The molecule has 1 amide bonds. The molecule has 30 heavy (non-hydrogen) atoms. The Hall–Kier alpha value is -2.40. The maximum atomic E-state index is 12.9. The molecule has 4 rings (SSSR count). The van der Waals surface area contributed by atoms with Gasteiger partial charge in [-0.15, -0.1) is 0 Å². The van der Waals surface area contributed by atoms with Gasteiger partial charge in [-0.3, -0.25) is 14.5 Å². The van der Waals surface area contributed by atoms with E-state index in [0.717, 1.165) is 17.3 Å². The maximum Gasteiger partial charge on any atom is 0.323 e. The number of hydrogen-bond donors (Lipinski definition) is 1. The van der Waals surface area contributed by atoms with Crippen molar-refractivity contribution in [2.24, 2.45) is 5.92 Å². The Balaban J connectivity index is 1.43. The van der Waals surface area contributed by atoms with Crippen LogP contribution in [0.4, 0.5) is 0 Å². The summed E-state index contributed by atoms with van der Waals surface area (Å²) in [7, 11) is 0. The molecule has 1 saturated carbocycles. The standard InChI is InChI=1S/C25H32N2O3/c1-2-30-25(29)23-15-22(17-27(23)16-18-8-4-3-5-9-18)26-24(28)21-13-12-19-10-6-7-11-20(19)14-21/h6-7,10-14,18,22-23H,2-5,8-9,15-17H2,1H3,(H,26,28). The summed E-state index contributed by atoms with van der Waals surface area (Å²) in [6.07, 6.45) is 6.98. The van der Waals surface area contributed by atoms with E-state index in [4.69, 9.17) is 4.74 Å². The Morgan fingerprint density at radius 2 is 1.83 bits per heavy atom. The van der Waals surface area contributed by atoms with Crippen molar-refractivity contribution in [2.45, 2.75) is 57.5 Å². The van der Waals surface area contributed by atoms with Gasteiger partial charge in [0, 0.05) is 24.7 Å². The summed E-state index contributed by atoms with van der Waals surface area (Å²) in [6.45, 7) is 3.86. The molecule has 1 N–H and O–H groups in total. The molecule has 0 radical (unpaired) electrons. The van der Waals surface area contributed by atoms with Crippen molar-refractivity contribution >= 4 is 22.6 Å². The Morgan fingerprint density at radius 1 is 1.07 bits per heavy atom. The molecule has 2 aromatic carbocycles. The molecule has 2 unspecified atom stereocenters. The van der Waals surface area contributed by atoms with Gasteiger partial charge in [-0.05, 0) is 55.0 Å². The summed E-state index contributed by atoms with van der Waals surface area (Å²) >= 11 is 0. The normalized spacial score (nSPS) is 22.8. The molecule has 1 heterocycles. The average Bonchev–Trinajstić information content (AvgIpc) is 3.16. The van der Waals surface area contributed by atoms with Crippen molar-refractivity contribution in [3.63, 3.8) is 0 Å². The minimum atomic E-state index is -0.256. The van der Waals surface area contributed by atoms with E-state index < -0.39 is 0 Å². The molecule has 0 bridgehead atoms. The average molecular weight is 409 g/mol. The second-order valence-electron chi connectivity index (χ2n) is 8.69. The quantitative estimate of drug-likeness (QED) is 0.730. The van der Waals surface area contributed by atoms with Gasteiger partial charge in [0.1, 0.15) is 6.04 Å². The second kappa shape index (κ2) is 9.61. The van der Waals surface area contributed by atoms with Crippen LogP contribution >= 0.6 is 0 Å². The van der Waals surface area contributed by atoms with Gasteiger partial charge in [-0.2, -0.15) is 0 Å². The number of amides is 1. The monoisotopic (exact) mass is 408 g/mol. The van der Waals surface area contributed by atoms with Crippen LogP contribution in [0.3, 0.4) is 0 Å². The third kappa shape index (κ3) is 4.84. The van der Waals surface area contributed by atoms with E-state index in [0.29, 0.717) is 31.1 Å². The number of nitrogens with zero attached hydrogens (tertiary/aromatic N) is 1. The molecule has 5 heteroatoms. The summed E-state index contributed by atoms with van der Waals surface area (Å²) < 4.78 is 5.34. The van der Waals surface area contributed by atoms with E-state index >= 15 is 0 Å². The molecule has 5 nitrogen and oxygen atoms in total. The third-order valence-electron chi connectivity index (χ3n) is 6.53. The summed E-state index contributed by atoms with van der Waals surface area (Å²) in [5, 5.41) is 5.34. The van der Waals surface area contributed by atoms with Crippen LogP contribution in [0, 0.1) is 5.92 Å². The first kappa shape index (κ1) is 20.9. The van der Waals surface area contributed by atoms with Crippen molar-refractivity contribution in [3.8, 4) is 0 Å². The van der Waals surface area contributed by atoms with E-state index in [1.54, 1.807) is 0 Å². The Morgan fingerprint density at radius 3 is 2.60 bits per heavy atom. The fourth-order valence-corrected chi connectivity index (χ4v) is 4.99. The van der Waals surface area contributed by atoms with Gasteiger partial charge in [0.2, 0.25) is 0 Å². The SMILES string of the molecule is CCOC(=O)C1CC(NC(=O)c2ccc3ccccc3c2)CN1CC1CCCCC1. The topological polar surface area (TPSA) is 58.6 Å². The Kier molecular flexibility index (Phi) is 6.68. The molecule has 1 aliphatic carbocycles. The highest BCUT2D eigenvalue weighted by atomic mass is 16.5. The molecule has 2 atom stereocenters. The van der Waals surface area contributed by atoms with Crippen LogP contribution in [0.2, 0.25) is 0 Å². The Labute approximate surface area is 178 Å². The number of benzene rings is 2. The minimum Gasteiger partial charge on any atom is -0.465 e. The minimum absolute atomic E-state index is 0.0398. The number of rotatable bonds is 6. The lowest BCUT2D eigenvalue weighted by molar-refractivity contribution is -0.148. The van der Waals surface area contributed by atoms with Crippen LogP contribution in [-0.4, -0.2) is 48.6 Å². The molecule has 2 aromatic rings. The second-order valence-corrected chi connectivity index (χ2v) is 8.69. The van der Waals surface area contributed by atoms with E-state index in [9.17, 15) is 9.59 Å². The fraction of sp³-hybridized carbons (Fsp3) is 0.520. The van der Waals surface area contributed by atoms with E-state index in [1.165, 1.54) is 32.1 Å². The molecule has 1 aliphatic heterocycles. The van der Waals surface area contributed by atoms with Crippen molar-refractivity contribution in [1.29, 1.82) is 0 Å². The van der Waals surface area contributed by atoms with Gasteiger partial charge in [-0.25, -0.2) is 0 Å². The van der Waals surface area contributed by atoms with Gasteiger partial charge in [-0.1, -0.05) is 49.6 Å². The molecule has 0 spiro atoms. The van der Waals surface area contributed by atoms with E-state index in [2.05, 4.69) is 10.2 Å². The molecule has 0 aromatic heterocycles. The first-order valence-corrected chi connectivity index (χ1v) is 11.3. The largest absolute Gasteiger partial charge is 0.465 e. The molecule has 2 fully saturated rings. The maximum absolute atomic E-state index is 12.9. The van der Waals surface area contributed by atoms with Crippen molar-refractivity contribution in [2.75, 3.05) is 19.7 Å². The highest BCUT2D eigenvalue weighted by Gasteiger charge is 2.39. The molecule has 1 saturated heterocycles. The number of hydrogen-bond acceptors (Lipinski definition) is 4. The van der Waals surface area contributed by atoms with Gasteiger partial charge in [0.15, 0.2) is 0 Å². The lowest BCUT2D eigenvalue weighted by Crippen LogP contribution is -2.41. The van der Waals surface area contributed by atoms with Crippen LogP contribution in [-0.2, 0) is 9.53 Å². The van der Waals surface area contributed by atoms with Crippen molar-refractivity contribution in [1.82, 2.24) is 10.2 Å². The zero-order chi connectivity index (χ0) is 20.9. The van der Waals surface area contributed by atoms with Crippen molar-refractivity contribution in [3.05, 3.63) is 48.0 Å². The lowest BCUT2D eigenvalue weighted by atomic mass is 9.89. The van der Waals surface area contributed by atoms with Gasteiger partial charge < -0.3 is 10.1 Å². The predicted molar refractivity (Wildman–Crippen MR) is 118 cm³/mol. The number of fused-ring (bicyclic) bond motifs is 1. The van der Waals surface area contributed by atoms with Crippen LogP contribution in [0.25, 0.3) is 10.8 Å². The van der Waals surface area contributed by atoms with Gasteiger partial charge in [0.05, 0.1) is 6.61 Å². The van der Waals surface area contributed by atoms with E-state index in [-0.39, 0.29) is 24.0 Å². The van der Waals surface area contributed by atoms with Crippen LogP contribution in [0.5, 0.6) is 0 Å². The highest BCUT2D eigenvalue weighted by Crippen LogP contribution is 2.28. The van der Waals surface area contributed by atoms with Crippen LogP contribution < -0.4 is 5.32 Å². The molecular weight excluding hydrogens is 376 g/mol. The molecule has 160 valence electrons. The molecular formula is C25H32N2O3. The summed E-state index contributed by atoms with van der Waals surface area (Å²) in [5.74, 6) is 0.411. The van der Waals surface area contributed by atoms with Gasteiger partial charge >= 0.3 is 5.97 Å². The number of carbonyl (C=O) groups excluding carboxylic acids is 2. The lowest BCUT2D eigenvalue weighted by Gasteiger charge is -2.29. The van der Waals surface area contributed by atoms with Crippen molar-refractivity contribution < 1.29 is 14.3 Å². The smallest absolute Gasteiger partial charge is 0.323 e. The number of nitrogens with one attached hydrogen (secondary N) is 1. The van der Waals surface area contributed by atoms with Gasteiger partial charge in [0.25, 0.3) is 5.91 Å². The zero-order valence-electron chi connectivity index (χ0n) is 17.8. The zero-order valence-corrected chi connectivity index (χ0v) is 17.8. The Bertz CT molecular complexity index is 891. The number of ether oxygens (including phenoxy) is 1. The number of likely N-dealkylation sites (tertiary alicyclic amines) is 1. The van der Waals surface area contributed by atoms with Crippen LogP contribution in [0.15, 0.2) is 42.5 Å². The first-order chi connectivity index (χ1) is 14.6. The summed E-state index contributed by atoms with van der Waals surface area (Å²) in [4.78, 5) is 27.7. The number of carbonyl (C=O) groups is 2. The summed E-state index contributed by atoms with van der Waals surface area (Å²) in [5.41, 5.74) is 0.659. The van der Waals surface area contributed by atoms with Crippen LogP contribution in [0.1, 0.15) is 55.8 Å². The number of esters is 1. The predicted octanol–water partition coefficient (Wildman–Crippen LogP) is 4.16. The highest BCUT2D eigenvalue weighted by molar-refractivity contribution is 5.98. The summed E-state index contributed by atoms with van der Waals surface area (Å²) in [6, 6.07) is 13.5. The molecule has 2 aliphatic rings.